The molecule has 0 aromatic carbocycles. The van der Waals surface area contributed by atoms with Gasteiger partial charge in [0.15, 0.2) is 5.16 Å². The summed E-state index contributed by atoms with van der Waals surface area (Å²) in [6.07, 6.45) is 4.82. The van der Waals surface area contributed by atoms with Crippen molar-refractivity contribution in [2.45, 2.75) is 55.6 Å². The number of carbonyl (C=O) groups is 1. The Morgan fingerprint density at radius 1 is 1.40 bits per heavy atom. The minimum absolute atomic E-state index is 0.0477. The smallest absolute Gasteiger partial charge is 0.233 e. The Hall–Kier alpha value is -1.54. The van der Waals surface area contributed by atoms with Gasteiger partial charge in [-0.25, -0.2) is 0 Å². The SMILES string of the molecule is C[C@@H](Sc1nnc(N2CCCC2)n1C1CC1)C(=O)NCc1cccs1. The van der Waals surface area contributed by atoms with Gasteiger partial charge in [0.25, 0.3) is 0 Å². The van der Waals surface area contributed by atoms with Gasteiger partial charge in [0.05, 0.1) is 11.8 Å². The second-order valence-corrected chi connectivity index (χ2v) is 8.98. The van der Waals surface area contributed by atoms with E-state index in [4.69, 9.17) is 0 Å². The van der Waals surface area contributed by atoms with Crippen molar-refractivity contribution in [2.75, 3.05) is 18.0 Å². The van der Waals surface area contributed by atoms with Crippen LogP contribution < -0.4 is 10.2 Å². The van der Waals surface area contributed by atoms with Crippen molar-refractivity contribution in [3.05, 3.63) is 22.4 Å². The highest BCUT2D eigenvalue weighted by molar-refractivity contribution is 8.00. The van der Waals surface area contributed by atoms with Crippen LogP contribution in [0, 0.1) is 0 Å². The number of nitrogens with one attached hydrogen (secondary N) is 1. The summed E-state index contributed by atoms with van der Waals surface area (Å²) < 4.78 is 2.26. The second-order valence-electron chi connectivity index (χ2n) is 6.64. The predicted octanol–water partition coefficient (Wildman–Crippen LogP) is 3.07. The molecule has 0 spiro atoms. The van der Waals surface area contributed by atoms with E-state index in [1.165, 1.54) is 42.3 Å². The normalized spacial score (nSPS) is 18.5. The molecule has 1 saturated carbocycles. The van der Waals surface area contributed by atoms with E-state index in [0.29, 0.717) is 12.6 Å². The third kappa shape index (κ3) is 3.84. The lowest BCUT2D eigenvalue weighted by Gasteiger charge is -2.18. The van der Waals surface area contributed by atoms with Crippen LogP contribution in [0.4, 0.5) is 5.95 Å². The number of hydrogen-bond donors (Lipinski definition) is 1. The molecule has 2 aromatic heterocycles. The zero-order valence-electron chi connectivity index (χ0n) is 14.4. The lowest BCUT2D eigenvalue weighted by molar-refractivity contribution is -0.120. The molecule has 1 aliphatic heterocycles. The fraction of sp³-hybridized carbons (Fsp3) is 0.588. The van der Waals surface area contributed by atoms with Crippen molar-refractivity contribution in [1.82, 2.24) is 20.1 Å². The second kappa shape index (κ2) is 7.37. The molecule has 1 saturated heterocycles. The molecule has 6 nitrogen and oxygen atoms in total. The number of anilines is 1. The first-order valence-corrected chi connectivity index (χ1v) is 10.6. The van der Waals surface area contributed by atoms with E-state index in [-0.39, 0.29) is 11.2 Å². The number of hydrogen-bond acceptors (Lipinski definition) is 6. The van der Waals surface area contributed by atoms with Crippen molar-refractivity contribution >= 4 is 35.0 Å². The molecule has 1 N–H and O–H groups in total. The number of aromatic nitrogens is 3. The van der Waals surface area contributed by atoms with Crippen LogP contribution in [-0.4, -0.2) is 39.0 Å². The number of carbonyl (C=O) groups excluding carboxylic acids is 1. The van der Waals surface area contributed by atoms with Crippen LogP contribution in [0.5, 0.6) is 0 Å². The topological polar surface area (TPSA) is 63.1 Å². The summed E-state index contributed by atoms with van der Waals surface area (Å²) >= 11 is 3.18. The maximum Gasteiger partial charge on any atom is 0.233 e. The molecular weight excluding hydrogens is 354 g/mol. The highest BCUT2D eigenvalue weighted by atomic mass is 32.2. The van der Waals surface area contributed by atoms with Crippen LogP contribution in [0.25, 0.3) is 0 Å². The van der Waals surface area contributed by atoms with E-state index >= 15 is 0 Å². The zero-order valence-corrected chi connectivity index (χ0v) is 16.0. The van der Waals surface area contributed by atoms with Gasteiger partial charge >= 0.3 is 0 Å². The fourth-order valence-electron chi connectivity index (χ4n) is 3.08. The standard InChI is InChI=1S/C17H23N5OS2/c1-12(15(23)18-11-14-5-4-10-24-14)25-17-20-19-16(21-8-2-3-9-21)22(17)13-6-7-13/h4-5,10,12-13H,2-3,6-9,11H2,1H3,(H,18,23)/t12-/m1/s1. The lowest BCUT2D eigenvalue weighted by atomic mass is 10.4. The van der Waals surface area contributed by atoms with E-state index < -0.39 is 0 Å². The average molecular weight is 378 g/mol. The summed E-state index contributed by atoms with van der Waals surface area (Å²) in [5, 5.41) is 14.6. The van der Waals surface area contributed by atoms with Crippen LogP contribution in [0.3, 0.4) is 0 Å². The van der Waals surface area contributed by atoms with Gasteiger partial charge in [0.1, 0.15) is 0 Å². The van der Waals surface area contributed by atoms with Gasteiger partial charge in [-0.2, -0.15) is 0 Å². The maximum atomic E-state index is 12.4. The molecule has 134 valence electrons. The van der Waals surface area contributed by atoms with Gasteiger partial charge in [-0.15, -0.1) is 21.5 Å². The molecule has 8 heteroatoms. The van der Waals surface area contributed by atoms with Crippen LogP contribution >= 0.6 is 23.1 Å². The van der Waals surface area contributed by atoms with Crippen molar-refractivity contribution in [2.24, 2.45) is 0 Å². The zero-order chi connectivity index (χ0) is 17.2. The monoisotopic (exact) mass is 377 g/mol. The Balaban J connectivity index is 1.42. The lowest BCUT2D eigenvalue weighted by Crippen LogP contribution is -2.30. The molecular formula is C17H23N5OS2. The Bertz CT molecular complexity index is 719. The molecule has 2 fully saturated rings. The largest absolute Gasteiger partial charge is 0.350 e. The molecule has 1 aliphatic carbocycles. The summed E-state index contributed by atoms with van der Waals surface area (Å²) in [5.74, 6) is 1.04. The first-order valence-electron chi connectivity index (χ1n) is 8.89. The fourth-order valence-corrected chi connectivity index (χ4v) is 4.66. The minimum atomic E-state index is -0.187. The van der Waals surface area contributed by atoms with Crippen LogP contribution in [-0.2, 0) is 11.3 Å². The molecule has 1 amide bonds. The maximum absolute atomic E-state index is 12.4. The van der Waals surface area contributed by atoms with E-state index in [9.17, 15) is 4.79 Å². The van der Waals surface area contributed by atoms with Gasteiger partial charge in [-0.3, -0.25) is 9.36 Å². The molecule has 0 bridgehead atoms. The van der Waals surface area contributed by atoms with Crippen molar-refractivity contribution in [3.8, 4) is 0 Å². The highest BCUT2D eigenvalue weighted by Gasteiger charge is 2.33. The number of thioether (sulfide) groups is 1. The molecule has 3 heterocycles. The predicted molar refractivity (Wildman–Crippen MR) is 101 cm³/mol. The summed E-state index contributed by atoms with van der Waals surface area (Å²) in [4.78, 5) is 15.9. The molecule has 1 atom stereocenters. The van der Waals surface area contributed by atoms with Crippen molar-refractivity contribution < 1.29 is 4.79 Å². The first-order chi connectivity index (χ1) is 12.2. The highest BCUT2D eigenvalue weighted by Crippen LogP contribution is 2.42. The third-order valence-corrected chi connectivity index (χ3v) is 6.55. The first kappa shape index (κ1) is 16.9. The molecule has 2 aromatic rings. The quantitative estimate of drug-likeness (QED) is 0.752. The summed E-state index contributed by atoms with van der Waals surface area (Å²) in [7, 11) is 0. The molecule has 0 unspecified atom stereocenters. The van der Waals surface area contributed by atoms with Gasteiger partial charge < -0.3 is 10.2 Å². The number of amides is 1. The van der Waals surface area contributed by atoms with Gasteiger partial charge in [0.2, 0.25) is 11.9 Å². The Kier molecular flexibility index (Phi) is 4.98. The van der Waals surface area contributed by atoms with Crippen molar-refractivity contribution in [3.63, 3.8) is 0 Å². The van der Waals surface area contributed by atoms with Crippen LogP contribution in [0.1, 0.15) is 43.5 Å². The van der Waals surface area contributed by atoms with Gasteiger partial charge in [-0.1, -0.05) is 17.8 Å². The van der Waals surface area contributed by atoms with E-state index in [1.807, 2.05) is 24.4 Å². The summed E-state index contributed by atoms with van der Waals surface area (Å²) in [6, 6.07) is 4.55. The summed E-state index contributed by atoms with van der Waals surface area (Å²) in [6.45, 7) is 4.66. The number of rotatable bonds is 7. The number of nitrogens with zero attached hydrogens (tertiary/aromatic N) is 4. The van der Waals surface area contributed by atoms with E-state index in [1.54, 1.807) is 11.3 Å². The van der Waals surface area contributed by atoms with Gasteiger partial charge in [-0.05, 0) is 44.1 Å². The average Bonchev–Trinajstić information content (AvgIpc) is 3.05. The minimum Gasteiger partial charge on any atom is -0.350 e. The van der Waals surface area contributed by atoms with E-state index in [0.717, 1.165) is 24.2 Å². The third-order valence-electron chi connectivity index (χ3n) is 4.62. The Labute approximate surface area is 156 Å². The Morgan fingerprint density at radius 3 is 2.88 bits per heavy atom. The van der Waals surface area contributed by atoms with Crippen LogP contribution in [0.2, 0.25) is 0 Å². The van der Waals surface area contributed by atoms with E-state index in [2.05, 4.69) is 25.0 Å². The molecule has 4 rings (SSSR count). The molecule has 2 aliphatic rings. The molecule has 0 radical (unpaired) electrons. The van der Waals surface area contributed by atoms with Crippen LogP contribution in [0.15, 0.2) is 22.7 Å². The van der Waals surface area contributed by atoms with Crippen molar-refractivity contribution in [1.29, 1.82) is 0 Å². The van der Waals surface area contributed by atoms with Gasteiger partial charge in [0, 0.05) is 24.0 Å². The molecule has 25 heavy (non-hydrogen) atoms. The Morgan fingerprint density at radius 2 is 2.20 bits per heavy atom. The summed E-state index contributed by atoms with van der Waals surface area (Å²) in [5.41, 5.74) is 0. The number of thiophene rings is 1.